The number of hydrogen-bond donors (Lipinski definition) is 1. The Morgan fingerprint density at radius 2 is 1.90 bits per heavy atom. The van der Waals surface area contributed by atoms with Crippen LogP contribution in [0.15, 0.2) is 12.2 Å². The summed E-state index contributed by atoms with van der Waals surface area (Å²) in [7, 11) is 1.16. The van der Waals surface area contributed by atoms with Crippen molar-refractivity contribution in [2.45, 2.75) is 44.7 Å². The van der Waals surface area contributed by atoms with Crippen LogP contribution < -0.4 is 10.2 Å². The van der Waals surface area contributed by atoms with Crippen molar-refractivity contribution in [2.75, 3.05) is 31.6 Å². The maximum atomic E-state index is 13.7. The van der Waals surface area contributed by atoms with E-state index in [9.17, 15) is 31.5 Å². The number of amides is 1. The van der Waals surface area contributed by atoms with Crippen molar-refractivity contribution in [2.24, 2.45) is 0 Å². The molecule has 0 unspecified atom stereocenters. The van der Waals surface area contributed by atoms with Crippen LogP contribution in [0, 0.1) is 6.92 Å². The van der Waals surface area contributed by atoms with Gasteiger partial charge in [0, 0.05) is 38.0 Å². The second-order valence-corrected chi connectivity index (χ2v) is 7.17. The van der Waals surface area contributed by atoms with Crippen molar-refractivity contribution in [3.8, 4) is 0 Å². The maximum Gasteiger partial charge on any atom is 0.435 e. The van der Waals surface area contributed by atoms with Gasteiger partial charge in [-0.05, 0) is 25.3 Å². The Labute approximate surface area is 175 Å². The van der Waals surface area contributed by atoms with Crippen molar-refractivity contribution < 1.29 is 36.3 Å². The van der Waals surface area contributed by atoms with Crippen LogP contribution in [0.1, 0.15) is 47.3 Å². The summed E-state index contributed by atoms with van der Waals surface area (Å²) in [6.07, 6.45) is -5.65. The zero-order valence-corrected chi connectivity index (χ0v) is 17.1. The lowest BCUT2D eigenvalue weighted by molar-refractivity contribution is -0.142. The molecular weight excluding hydrogens is 427 g/mol. The minimum Gasteiger partial charge on any atom is -0.466 e. The van der Waals surface area contributed by atoms with Crippen LogP contribution in [0.2, 0.25) is 0 Å². The van der Waals surface area contributed by atoms with Gasteiger partial charge in [-0.3, -0.25) is 4.79 Å². The Kier molecular flexibility index (Phi) is 7.55. The molecular formula is C19H23F5N4O3. The first-order valence-electron chi connectivity index (χ1n) is 9.49. The minimum atomic E-state index is -4.85. The molecule has 1 aliphatic heterocycles. The Hall–Kier alpha value is -2.79. The van der Waals surface area contributed by atoms with Gasteiger partial charge >= 0.3 is 12.1 Å². The zero-order valence-electron chi connectivity index (χ0n) is 17.1. The highest BCUT2D eigenvalue weighted by Gasteiger charge is 2.39. The van der Waals surface area contributed by atoms with E-state index in [0.717, 1.165) is 14.0 Å². The third-order valence-electron chi connectivity index (χ3n) is 4.90. The van der Waals surface area contributed by atoms with Crippen molar-refractivity contribution in [3.05, 3.63) is 29.0 Å². The van der Waals surface area contributed by atoms with Gasteiger partial charge in [0.25, 0.3) is 5.91 Å². The van der Waals surface area contributed by atoms with Crippen molar-refractivity contribution in [1.29, 1.82) is 0 Å². The second-order valence-electron chi connectivity index (χ2n) is 7.17. The first kappa shape index (κ1) is 24.5. The molecule has 0 aliphatic carbocycles. The molecule has 31 heavy (non-hydrogen) atoms. The molecule has 1 N–H and O–H groups in total. The number of carbonyl (C=O) groups excluding carboxylic acids is 2. The largest absolute Gasteiger partial charge is 0.466 e. The van der Waals surface area contributed by atoms with E-state index < -0.39 is 47.2 Å². The second kappa shape index (κ2) is 9.56. The number of nitrogens with one attached hydrogen (secondary N) is 1. The lowest BCUT2D eigenvalue weighted by atomic mass is 10.1. The average molecular weight is 450 g/mol. The van der Waals surface area contributed by atoms with Crippen LogP contribution in [0.4, 0.5) is 27.8 Å². The summed E-state index contributed by atoms with van der Waals surface area (Å²) in [6.45, 7) is 4.38. The van der Waals surface area contributed by atoms with Crippen LogP contribution in [0.5, 0.6) is 0 Å². The standard InChI is InChI=1S/C19H23F5N4O3/c1-11(17(30)31-3)5-8-25-16(29)13-12(2)14(19(22,23)24)26-27-15(13)28-9-4-6-18(20,21)7-10-28/h1,4-10H2,2-3H3,(H,25,29). The lowest BCUT2D eigenvalue weighted by Gasteiger charge is -2.25. The highest BCUT2D eigenvalue weighted by atomic mass is 19.4. The number of hydrogen-bond acceptors (Lipinski definition) is 6. The number of carbonyl (C=O) groups is 2. The summed E-state index contributed by atoms with van der Waals surface area (Å²) in [5, 5.41) is 9.22. The number of esters is 1. The number of anilines is 1. The highest BCUT2D eigenvalue weighted by Crippen LogP contribution is 2.35. The van der Waals surface area contributed by atoms with Gasteiger partial charge in [-0.25, -0.2) is 13.6 Å². The Bertz CT molecular complexity index is 858. The number of alkyl halides is 5. The van der Waals surface area contributed by atoms with E-state index in [4.69, 9.17) is 0 Å². The molecule has 12 heteroatoms. The minimum absolute atomic E-state index is 0.00731. The van der Waals surface area contributed by atoms with Gasteiger partial charge in [0.15, 0.2) is 11.5 Å². The first-order chi connectivity index (χ1) is 14.4. The maximum absolute atomic E-state index is 13.7. The number of halogens is 5. The van der Waals surface area contributed by atoms with Gasteiger partial charge in [0.1, 0.15) is 0 Å². The molecule has 1 aromatic rings. The molecule has 1 fully saturated rings. The number of rotatable bonds is 6. The average Bonchev–Trinajstić information content (AvgIpc) is 2.86. The van der Waals surface area contributed by atoms with Gasteiger partial charge in [-0.1, -0.05) is 6.58 Å². The lowest BCUT2D eigenvalue weighted by Crippen LogP contribution is -2.34. The van der Waals surface area contributed by atoms with Gasteiger partial charge in [-0.15, -0.1) is 10.2 Å². The molecule has 1 amide bonds. The monoisotopic (exact) mass is 450 g/mol. The van der Waals surface area contributed by atoms with Crippen molar-refractivity contribution in [1.82, 2.24) is 15.5 Å². The quantitative estimate of drug-likeness (QED) is 0.407. The highest BCUT2D eigenvalue weighted by molar-refractivity contribution is 6.00. The number of nitrogens with zero attached hydrogens (tertiary/aromatic N) is 3. The first-order valence-corrected chi connectivity index (χ1v) is 9.49. The molecule has 1 aromatic heterocycles. The summed E-state index contributed by atoms with van der Waals surface area (Å²) in [5.41, 5.74) is -2.12. The fourth-order valence-corrected chi connectivity index (χ4v) is 3.21. The molecule has 0 bridgehead atoms. The fraction of sp³-hybridized carbons (Fsp3) is 0.579. The van der Waals surface area contributed by atoms with E-state index >= 15 is 0 Å². The predicted molar refractivity (Wildman–Crippen MR) is 101 cm³/mol. The third kappa shape index (κ3) is 6.11. The number of aromatic nitrogens is 2. The number of methoxy groups -OCH3 is 1. The molecule has 1 aliphatic rings. The predicted octanol–water partition coefficient (Wildman–Crippen LogP) is 3.28. The van der Waals surface area contributed by atoms with Crippen LogP contribution in [0.25, 0.3) is 0 Å². The van der Waals surface area contributed by atoms with Gasteiger partial charge in [0.05, 0.1) is 12.7 Å². The third-order valence-corrected chi connectivity index (χ3v) is 4.90. The molecule has 0 atom stereocenters. The summed E-state index contributed by atoms with van der Waals surface area (Å²) >= 11 is 0. The van der Waals surface area contributed by atoms with E-state index in [1.54, 1.807) is 0 Å². The van der Waals surface area contributed by atoms with E-state index in [-0.39, 0.29) is 50.3 Å². The molecule has 2 rings (SSSR count). The van der Waals surface area contributed by atoms with Crippen LogP contribution >= 0.6 is 0 Å². The summed E-state index contributed by atoms with van der Waals surface area (Å²) in [6, 6.07) is 0. The van der Waals surface area contributed by atoms with Gasteiger partial charge < -0.3 is 15.0 Å². The van der Waals surface area contributed by atoms with E-state index in [2.05, 4.69) is 26.8 Å². The molecule has 0 spiro atoms. The van der Waals surface area contributed by atoms with E-state index in [1.807, 2.05) is 0 Å². The van der Waals surface area contributed by atoms with Crippen LogP contribution in [-0.4, -0.2) is 54.7 Å². The smallest absolute Gasteiger partial charge is 0.435 e. The molecule has 7 nitrogen and oxygen atoms in total. The van der Waals surface area contributed by atoms with E-state index in [1.165, 1.54) is 4.90 Å². The Morgan fingerprint density at radius 1 is 1.23 bits per heavy atom. The zero-order chi connectivity index (χ0) is 23.4. The van der Waals surface area contributed by atoms with E-state index in [0.29, 0.717) is 0 Å². The summed E-state index contributed by atoms with van der Waals surface area (Å²) in [4.78, 5) is 25.5. The molecule has 0 radical (unpaired) electrons. The van der Waals surface area contributed by atoms with Crippen molar-refractivity contribution >= 4 is 17.7 Å². The van der Waals surface area contributed by atoms with Gasteiger partial charge in [-0.2, -0.15) is 13.2 Å². The Balaban J connectivity index is 2.34. The SMILES string of the molecule is C=C(CCNC(=O)c1c(N2CCCC(F)(F)CC2)nnc(C(F)(F)F)c1C)C(=O)OC. The van der Waals surface area contributed by atoms with Crippen LogP contribution in [-0.2, 0) is 15.7 Å². The normalized spacial score (nSPS) is 16.4. The van der Waals surface area contributed by atoms with Gasteiger partial charge in [0.2, 0.25) is 5.92 Å². The molecule has 2 heterocycles. The molecule has 172 valence electrons. The summed E-state index contributed by atoms with van der Waals surface area (Å²) < 4.78 is 71.8. The molecule has 1 saturated heterocycles. The number of ether oxygens (including phenoxy) is 1. The molecule has 0 aromatic carbocycles. The van der Waals surface area contributed by atoms with Crippen molar-refractivity contribution in [3.63, 3.8) is 0 Å². The topological polar surface area (TPSA) is 84.4 Å². The summed E-state index contributed by atoms with van der Waals surface area (Å²) in [5.74, 6) is -4.66. The Morgan fingerprint density at radius 3 is 2.52 bits per heavy atom. The van der Waals surface area contributed by atoms with Crippen LogP contribution in [0.3, 0.4) is 0 Å². The fourth-order valence-electron chi connectivity index (χ4n) is 3.21. The molecule has 0 saturated carbocycles.